The topological polar surface area (TPSA) is 80.5 Å². The second-order valence-corrected chi connectivity index (χ2v) is 4.91. The van der Waals surface area contributed by atoms with Crippen molar-refractivity contribution in [3.63, 3.8) is 0 Å². The fourth-order valence-electron chi connectivity index (χ4n) is 1.78. The highest BCUT2D eigenvalue weighted by molar-refractivity contribution is 7.18. The molecule has 0 aliphatic carbocycles. The van der Waals surface area contributed by atoms with Gasteiger partial charge in [0.05, 0.1) is 16.1 Å². The molecule has 0 aliphatic heterocycles. The molecule has 3 aromatic rings. The maximum absolute atomic E-state index is 5.69. The van der Waals surface area contributed by atoms with Crippen LogP contribution in [0.15, 0.2) is 12.3 Å². The SMILES string of the molecule is Cc1nc(N)sc1-c1nc2nccc(C)c2[nH]1. The Morgan fingerprint density at radius 3 is 2.76 bits per heavy atom. The van der Waals surface area contributed by atoms with Crippen molar-refractivity contribution in [2.45, 2.75) is 13.8 Å². The van der Waals surface area contributed by atoms with Gasteiger partial charge in [0.1, 0.15) is 0 Å². The van der Waals surface area contributed by atoms with Crippen LogP contribution in [0.1, 0.15) is 11.3 Å². The third-order valence-corrected chi connectivity index (χ3v) is 3.62. The molecule has 17 heavy (non-hydrogen) atoms. The minimum Gasteiger partial charge on any atom is -0.375 e. The number of imidazole rings is 1. The van der Waals surface area contributed by atoms with Crippen LogP contribution >= 0.6 is 11.3 Å². The summed E-state index contributed by atoms with van der Waals surface area (Å²) in [6.07, 6.45) is 1.76. The minimum atomic E-state index is 0.558. The molecule has 0 atom stereocenters. The number of nitrogens with one attached hydrogen (secondary N) is 1. The molecule has 0 radical (unpaired) electrons. The number of fused-ring (bicyclic) bond motifs is 1. The largest absolute Gasteiger partial charge is 0.375 e. The minimum absolute atomic E-state index is 0.558. The molecule has 0 aliphatic rings. The van der Waals surface area contributed by atoms with Gasteiger partial charge >= 0.3 is 0 Å². The molecule has 3 N–H and O–H groups in total. The van der Waals surface area contributed by atoms with Crippen LogP contribution in [0.2, 0.25) is 0 Å². The summed E-state index contributed by atoms with van der Waals surface area (Å²) in [6, 6.07) is 1.96. The molecule has 0 unspecified atom stereocenters. The Hall–Kier alpha value is -1.95. The van der Waals surface area contributed by atoms with Gasteiger partial charge in [0, 0.05) is 6.20 Å². The van der Waals surface area contributed by atoms with Gasteiger partial charge in [-0.1, -0.05) is 11.3 Å². The molecule has 3 heterocycles. The van der Waals surface area contributed by atoms with Gasteiger partial charge in [0.2, 0.25) is 0 Å². The Morgan fingerprint density at radius 1 is 1.29 bits per heavy atom. The molecular weight excluding hydrogens is 234 g/mol. The van der Waals surface area contributed by atoms with E-state index in [4.69, 9.17) is 5.73 Å². The molecule has 3 aromatic heterocycles. The first-order valence-electron chi connectivity index (χ1n) is 5.20. The van der Waals surface area contributed by atoms with Crippen LogP contribution in [0.3, 0.4) is 0 Å². The number of pyridine rings is 1. The number of aryl methyl sites for hydroxylation is 2. The first kappa shape index (κ1) is 10.2. The van der Waals surface area contributed by atoms with E-state index in [2.05, 4.69) is 19.9 Å². The highest BCUT2D eigenvalue weighted by Crippen LogP contribution is 2.30. The van der Waals surface area contributed by atoms with Gasteiger partial charge in [-0.3, -0.25) is 0 Å². The Morgan fingerprint density at radius 2 is 2.12 bits per heavy atom. The average Bonchev–Trinajstić information content (AvgIpc) is 2.82. The molecule has 0 saturated carbocycles. The Kier molecular flexibility index (Phi) is 2.12. The van der Waals surface area contributed by atoms with Gasteiger partial charge in [-0.15, -0.1) is 0 Å². The van der Waals surface area contributed by atoms with Crippen molar-refractivity contribution in [3.05, 3.63) is 23.5 Å². The van der Waals surface area contributed by atoms with Crippen LogP contribution in [-0.4, -0.2) is 19.9 Å². The highest BCUT2D eigenvalue weighted by atomic mass is 32.1. The van der Waals surface area contributed by atoms with E-state index in [9.17, 15) is 0 Å². The summed E-state index contributed by atoms with van der Waals surface area (Å²) in [5, 5.41) is 0.558. The van der Waals surface area contributed by atoms with Gasteiger partial charge in [-0.05, 0) is 25.5 Å². The van der Waals surface area contributed by atoms with Crippen LogP contribution in [0.5, 0.6) is 0 Å². The average molecular weight is 245 g/mol. The number of thiazole rings is 1. The van der Waals surface area contributed by atoms with Crippen molar-refractivity contribution < 1.29 is 0 Å². The predicted molar refractivity (Wildman–Crippen MR) is 68.9 cm³/mol. The van der Waals surface area contributed by atoms with E-state index in [1.165, 1.54) is 11.3 Å². The molecule has 0 amide bonds. The molecule has 86 valence electrons. The summed E-state index contributed by atoms with van der Waals surface area (Å²) in [5.41, 5.74) is 9.41. The molecule has 0 aromatic carbocycles. The van der Waals surface area contributed by atoms with Crippen LogP contribution in [-0.2, 0) is 0 Å². The van der Waals surface area contributed by atoms with Crippen molar-refractivity contribution in [1.82, 2.24) is 19.9 Å². The van der Waals surface area contributed by atoms with Crippen molar-refractivity contribution >= 4 is 27.6 Å². The predicted octanol–water partition coefficient (Wildman–Crippen LogP) is 2.28. The number of hydrogen-bond acceptors (Lipinski definition) is 5. The number of aromatic amines is 1. The quantitative estimate of drug-likeness (QED) is 0.689. The second kappa shape index (κ2) is 3.53. The van der Waals surface area contributed by atoms with Crippen LogP contribution < -0.4 is 5.73 Å². The van der Waals surface area contributed by atoms with E-state index >= 15 is 0 Å². The number of hydrogen-bond donors (Lipinski definition) is 2. The molecule has 0 bridgehead atoms. The maximum Gasteiger partial charge on any atom is 0.180 e. The fraction of sp³-hybridized carbons (Fsp3) is 0.182. The monoisotopic (exact) mass is 245 g/mol. The van der Waals surface area contributed by atoms with Gasteiger partial charge in [-0.25, -0.2) is 15.0 Å². The number of nitrogen functional groups attached to an aromatic ring is 1. The highest BCUT2D eigenvalue weighted by Gasteiger charge is 2.13. The zero-order valence-electron chi connectivity index (χ0n) is 9.48. The molecule has 0 fully saturated rings. The van der Waals surface area contributed by atoms with Crippen molar-refractivity contribution in [2.24, 2.45) is 0 Å². The van der Waals surface area contributed by atoms with Crippen molar-refractivity contribution in [2.75, 3.05) is 5.73 Å². The number of anilines is 1. The van der Waals surface area contributed by atoms with Crippen molar-refractivity contribution in [3.8, 4) is 10.7 Å². The van der Waals surface area contributed by atoms with Crippen molar-refractivity contribution in [1.29, 1.82) is 0 Å². The van der Waals surface area contributed by atoms with Crippen LogP contribution in [0.4, 0.5) is 5.13 Å². The maximum atomic E-state index is 5.69. The molecule has 3 rings (SSSR count). The van der Waals surface area contributed by atoms with E-state index in [0.717, 1.165) is 33.1 Å². The van der Waals surface area contributed by atoms with E-state index in [-0.39, 0.29) is 0 Å². The normalized spacial score (nSPS) is 11.2. The van der Waals surface area contributed by atoms with Gasteiger partial charge < -0.3 is 10.7 Å². The third-order valence-electron chi connectivity index (χ3n) is 2.63. The summed E-state index contributed by atoms with van der Waals surface area (Å²) in [5.74, 6) is 0.786. The molecule has 5 nitrogen and oxygen atoms in total. The van der Waals surface area contributed by atoms with Crippen LogP contribution in [0, 0.1) is 13.8 Å². The zero-order chi connectivity index (χ0) is 12.0. The lowest BCUT2D eigenvalue weighted by atomic mass is 10.3. The third kappa shape index (κ3) is 1.57. The Balaban J connectivity index is 2.25. The van der Waals surface area contributed by atoms with E-state index < -0.39 is 0 Å². The summed E-state index contributed by atoms with van der Waals surface area (Å²) in [7, 11) is 0. The first-order valence-corrected chi connectivity index (χ1v) is 6.01. The number of rotatable bonds is 1. The summed E-state index contributed by atoms with van der Waals surface area (Å²) in [4.78, 5) is 17.1. The van der Waals surface area contributed by atoms with Crippen LogP contribution in [0.25, 0.3) is 21.9 Å². The fourth-order valence-corrected chi connectivity index (χ4v) is 2.56. The van der Waals surface area contributed by atoms with Gasteiger partial charge in [-0.2, -0.15) is 0 Å². The molecule has 6 heteroatoms. The van der Waals surface area contributed by atoms with Gasteiger partial charge in [0.15, 0.2) is 16.6 Å². The first-order chi connectivity index (χ1) is 8.15. The summed E-state index contributed by atoms with van der Waals surface area (Å²) in [6.45, 7) is 3.95. The van der Waals surface area contributed by atoms with E-state index in [1.807, 2.05) is 19.9 Å². The van der Waals surface area contributed by atoms with E-state index in [0.29, 0.717) is 5.13 Å². The smallest absolute Gasteiger partial charge is 0.180 e. The van der Waals surface area contributed by atoms with E-state index in [1.54, 1.807) is 6.20 Å². The Labute approximate surface area is 102 Å². The summed E-state index contributed by atoms with van der Waals surface area (Å²) >= 11 is 1.43. The standard InChI is InChI=1S/C11H11N5S/c1-5-3-4-13-9-7(5)15-10(16-9)8-6(2)14-11(12)17-8/h3-4H,1-2H3,(H2,12,14)(H,13,15,16). The second-order valence-electron chi connectivity index (χ2n) is 3.88. The molecule has 0 spiro atoms. The summed E-state index contributed by atoms with van der Waals surface area (Å²) < 4.78 is 0. The number of H-pyrrole nitrogens is 1. The molecule has 0 saturated heterocycles. The lowest BCUT2D eigenvalue weighted by Gasteiger charge is -1.91. The number of aromatic nitrogens is 4. The number of nitrogens with zero attached hydrogens (tertiary/aromatic N) is 3. The lowest BCUT2D eigenvalue weighted by molar-refractivity contribution is 1.24. The van der Waals surface area contributed by atoms with Gasteiger partial charge in [0.25, 0.3) is 0 Å². The lowest BCUT2D eigenvalue weighted by Crippen LogP contribution is -1.81. The number of nitrogens with two attached hydrogens (primary N) is 1. The molecular formula is C11H11N5S. The zero-order valence-corrected chi connectivity index (χ0v) is 10.3. The Bertz CT molecular complexity index is 697.